The number of aliphatic hydroxyl groups is 1. The van der Waals surface area contributed by atoms with Gasteiger partial charge in [-0.1, -0.05) is 0 Å². The number of nitrogens with zero attached hydrogens (tertiary/aromatic N) is 2. The van der Waals surface area contributed by atoms with Gasteiger partial charge in [0.2, 0.25) is 0 Å². The molecule has 3 heteroatoms. The van der Waals surface area contributed by atoms with Crippen LogP contribution in [0.15, 0.2) is 6.20 Å². The average molecular weight is 152 g/mol. The zero-order valence-corrected chi connectivity index (χ0v) is 6.83. The lowest BCUT2D eigenvalue weighted by Gasteiger charge is -2.05. The fraction of sp³-hybridized carbons (Fsp3) is 0.625. The molecule has 0 saturated heterocycles. The summed E-state index contributed by atoms with van der Waals surface area (Å²) < 4.78 is 1.80. The summed E-state index contributed by atoms with van der Waals surface area (Å²) >= 11 is 0. The lowest BCUT2D eigenvalue weighted by atomic mass is 10.1. The first kappa shape index (κ1) is 6.85. The monoisotopic (exact) mass is 152 g/mol. The van der Waals surface area contributed by atoms with Gasteiger partial charge in [0, 0.05) is 18.3 Å². The molecule has 0 spiro atoms. The Hall–Kier alpha value is -0.830. The van der Waals surface area contributed by atoms with Crippen molar-refractivity contribution in [3.05, 3.63) is 17.5 Å². The molecule has 1 N–H and O–H groups in total. The van der Waals surface area contributed by atoms with Crippen molar-refractivity contribution >= 4 is 0 Å². The highest BCUT2D eigenvalue weighted by Crippen LogP contribution is 2.46. The number of hydrogen-bond acceptors (Lipinski definition) is 2. The SMILES string of the molecule is Cc1c(C2(O)CC2)cnn1C. The first-order chi connectivity index (χ1) is 5.13. The first-order valence-corrected chi connectivity index (χ1v) is 3.85. The van der Waals surface area contributed by atoms with E-state index in [-0.39, 0.29) is 0 Å². The lowest BCUT2D eigenvalue weighted by molar-refractivity contribution is 0.150. The molecule has 1 aromatic rings. The number of aromatic nitrogens is 2. The second kappa shape index (κ2) is 1.85. The topological polar surface area (TPSA) is 38.1 Å². The molecule has 60 valence electrons. The third kappa shape index (κ3) is 0.878. The van der Waals surface area contributed by atoms with E-state index in [1.165, 1.54) is 0 Å². The van der Waals surface area contributed by atoms with Crippen molar-refractivity contribution in [2.24, 2.45) is 7.05 Å². The molecule has 1 aliphatic carbocycles. The van der Waals surface area contributed by atoms with Crippen LogP contribution in [0.4, 0.5) is 0 Å². The Bertz CT molecular complexity index is 286. The molecule has 0 atom stereocenters. The van der Waals surface area contributed by atoms with Crippen LogP contribution in [-0.2, 0) is 12.6 Å². The molecule has 11 heavy (non-hydrogen) atoms. The largest absolute Gasteiger partial charge is 0.385 e. The van der Waals surface area contributed by atoms with Gasteiger partial charge in [-0.3, -0.25) is 4.68 Å². The highest BCUT2D eigenvalue weighted by molar-refractivity contribution is 5.28. The van der Waals surface area contributed by atoms with E-state index < -0.39 is 5.60 Å². The van der Waals surface area contributed by atoms with E-state index in [2.05, 4.69) is 5.10 Å². The number of hydrogen-bond donors (Lipinski definition) is 1. The molecule has 3 nitrogen and oxygen atoms in total. The molecule has 0 bridgehead atoms. The summed E-state index contributed by atoms with van der Waals surface area (Å²) in [6.45, 7) is 1.98. The Morgan fingerprint density at radius 3 is 2.64 bits per heavy atom. The summed E-state index contributed by atoms with van der Waals surface area (Å²) in [6, 6.07) is 0. The van der Waals surface area contributed by atoms with Gasteiger partial charge in [-0.2, -0.15) is 5.10 Å². The molecule has 0 unspecified atom stereocenters. The molecule has 0 aromatic carbocycles. The van der Waals surface area contributed by atoms with Gasteiger partial charge in [-0.05, 0) is 19.8 Å². The van der Waals surface area contributed by atoms with Crippen LogP contribution in [0.3, 0.4) is 0 Å². The van der Waals surface area contributed by atoms with E-state index >= 15 is 0 Å². The van der Waals surface area contributed by atoms with Crippen molar-refractivity contribution in [1.82, 2.24) is 9.78 Å². The summed E-state index contributed by atoms with van der Waals surface area (Å²) in [5, 5.41) is 13.8. The van der Waals surface area contributed by atoms with Gasteiger partial charge in [0.15, 0.2) is 0 Å². The Balaban J connectivity index is 2.45. The van der Waals surface area contributed by atoms with Crippen molar-refractivity contribution in [3.8, 4) is 0 Å². The van der Waals surface area contributed by atoms with Crippen LogP contribution in [0.5, 0.6) is 0 Å². The van der Waals surface area contributed by atoms with Gasteiger partial charge in [-0.25, -0.2) is 0 Å². The van der Waals surface area contributed by atoms with Crippen LogP contribution >= 0.6 is 0 Å². The molecule has 0 amide bonds. The minimum Gasteiger partial charge on any atom is -0.385 e. The predicted octanol–water partition coefficient (Wildman–Crippen LogP) is 0.710. The maximum absolute atomic E-state index is 9.74. The molecule has 0 radical (unpaired) electrons. The molecular weight excluding hydrogens is 140 g/mol. The number of aryl methyl sites for hydroxylation is 1. The van der Waals surface area contributed by atoms with Gasteiger partial charge < -0.3 is 5.11 Å². The van der Waals surface area contributed by atoms with Crippen LogP contribution in [0.25, 0.3) is 0 Å². The molecule has 0 aliphatic heterocycles. The van der Waals surface area contributed by atoms with Crippen molar-refractivity contribution in [2.45, 2.75) is 25.4 Å². The summed E-state index contributed by atoms with van der Waals surface area (Å²) in [4.78, 5) is 0. The van der Waals surface area contributed by atoms with Crippen molar-refractivity contribution in [2.75, 3.05) is 0 Å². The zero-order valence-electron chi connectivity index (χ0n) is 6.83. The van der Waals surface area contributed by atoms with E-state index in [9.17, 15) is 5.11 Å². The van der Waals surface area contributed by atoms with E-state index in [1.54, 1.807) is 10.9 Å². The second-order valence-electron chi connectivity index (χ2n) is 3.30. The Labute approximate surface area is 65.7 Å². The molecule has 2 rings (SSSR count). The maximum atomic E-state index is 9.74. The fourth-order valence-electron chi connectivity index (χ4n) is 1.34. The minimum atomic E-state index is -0.529. The third-order valence-electron chi connectivity index (χ3n) is 2.46. The smallest absolute Gasteiger partial charge is 0.0931 e. The van der Waals surface area contributed by atoms with Crippen molar-refractivity contribution < 1.29 is 5.11 Å². The Morgan fingerprint density at radius 2 is 2.27 bits per heavy atom. The molecule has 1 aromatic heterocycles. The molecular formula is C8H12N2O. The van der Waals surface area contributed by atoms with Gasteiger partial charge in [0.05, 0.1) is 11.8 Å². The normalized spacial score (nSPS) is 20.3. The van der Waals surface area contributed by atoms with Crippen molar-refractivity contribution in [1.29, 1.82) is 0 Å². The average Bonchev–Trinajstić information content (AvgIpc) is 2.60. The van der Waals surface area contributed by atoms with E-state index in [4.69, 9.17) is 0 Å². The number of rotatable bonds is 1. The standard InChI is InChI=1S/C8H12N2O/c1-6-7(5-9-10(6)2)8(11)3-4-8/h5,11H,3-4H2,1-2H3. The van der Waals surface area contributed by atoms with Crippen LogP contribution in [0, 0.1) is 6.92 Å². The fourth-order valence-corrected chi connectivity index (χ4v) is 1.34. The van der Waals surface area contributed by atoms with E-state index in [0.717, 1.165) is 24.1 Å². The second-order valence-corrected chi connectivity index (χ2v) is 3.30. The van der Waals surface area contributed by atoms with Gasteiger partial charge >= 0.3 is 0 Å². The quantitative estimate of drug-likeness (QED) is 0.643. The molecule has 1 heterocycles. The summed E-state index contributed by atoms with van der Waals surface area (Å²) in [5.74, 6) is 0. The highest BCUT2D eigenvalue weighted by atomic mass is 16.3. The predicted molar refractivity (Wildman–Crippen MR) is 41.1 cm³/mol. The summed E-state index contributed by atoms with van der Waals surface area (Å²) in [6.07, 6.45) is 3.54. The van der Waals surface area contributed by atoms with Gasteiger partial charge in [0.25, 0.3) is 0 Å². The van der Waals surface area contributed by atoms with Gasteiger partial charge in [0.1, 0.15) is 0 Å². The van der Waals surface area contributed by atoms with Gasteiger partial charge in [-0.15, -0.1) is 0 Å². The molecule has 1 fully saturated rings. The lowest BCUT2D eigenvalue weighted by Crippen LogP contribution is -2.05. The third-order valence-corrected chi connectivity index (χ3v) is 2.46. The van der Waals surface area contributed by atoms with Crippen LogP contribution in [0.2, 0.25) is 0 Å². The molecule has 1 aliphatic rings. The van der Waals surface area contributed by atoms with E-state index in [1.807, 2.05) is 14.0 Å². The zero-order chi connectivity index (χ0) is 8.06. The van der Waals surface area contributed by atoms with Crippen LogP contribution in [0.1, 0.15) is 24.1 Å². The highest BCUT2D eigenvalue weighted by Gasteiger charge is 2.44. The maximum Gasteiger partial charge on any atom is 0.0931 e. The van der Waals surface area contributed by atoms with Crippen LogP contribution < -0.4 is 0 Å². The van der Waals surface area contributed by atoms with Crippen LogP contribution in [-0.4, -0.2) is 14.9 Å². The Kier molecular flexibility index (Phi) is 1.16. The van der Waals surface area contributed by atoms with E-state index in [0.29, 0.717) is 0 Å². The van der Waals surface area contributed by atoms with Crippen molar-refractivity contribution in [3.63, 3.8) is 0 Å². The summed E-state index contributed by atoms with van der Waals surface area (Å²) in [5.41, 5.74) is 1.54. The minimum absolute atomic E-state index is 0.529. The summed E-state index contributed by atoms with van der Waals surface area (Å²) in [7, 11) is 1.89. The molecule has 1 saturated carbocycles. The first-order valence-electron chi connectivity index (χ1n) is 3.85. The Morgan fingerprint density at radius 1 is 1.64 bits per heavy atom.